The second-order valence-electron chi connectivity index (χ2n) is 22.6. The highest BCUT2D eigenvalue weighted by molar-refractivity contribution is 9.10. The van der Waals surface area contributed by atoms with Crippen LogP contribution in [0.4, 0.5) is 22.7 Å². The zero-order chi connectivity index (χ0) is 54.0. The molecule has 5 fully saturated rings. The minimum atomic E-state index is -0.437. The van der Waals surface area contributed by atoms with Crippen LogP contribution in [0.1, 0.15) is 183 Å². The number of nitrogens with zero attached hydrogens (tertiary/aromatic N) is 2. The molecule has 4 amide bonds. The van der Waals surface area contributed by atoms with Crippen LogP contribution in [-0.2, 0) is 45.6 Å². The smallest absolute Gasteiger partial charge is 0.237 e. The van der Waals surface area contributed by atoms with Crippen molar-refractivity contribution in [2.24, 2.45) is 5.92 Å². The molecule has 5 saturated carbocycles. The summed E-state index contributed by atoms with van der Waals surface area (Å²) in [5.41, 5.74) is 6.18. The first-order valence-electron chi connectivity index (χ1n) is 27.8. The number of likely N-dealkylation sites (N-methyl/N-ethyl adjacent to an activating group) is 2. The Labute approximate surface area is 476 Å². The number of benzene rings is 4. The summed E-state index contributed by atoms with van der Waals surface area (Å²) in [6, 6.07) is 18.5. The lowest BCUT2D eigenvalue weighted by Gasteiger charge is -2.32. The minimum Gasteiger partial charge on any atom is -0.508 e. The van der Waals surface area contributed by atoms with E-state index in [1.807, 2.05) is 55.6 Å². The largest absolute Gasteiger partial charge is 0.508 e. The van der Waals surface area contributed by atoms with Gasteiger partial charge in [0.15, 0.2) is 0 Å². The fourth-order valence-corrected chi connectivity index (χ4v) is 16.3. The van der Waals surface area contributed by atoms with Crippen molar-refractivity contribution in [2.45, 2.75) is 182 Å². The number of hydrogen-bond acceptors (Lipinski definition) is 6. The van der Waals surface area contributed by atoms with Gasteiger partial charge < -0.3 is 30.3 Å². The second-order valence-corrected chi connectivity index (χ2v) is 25.1. The number of amides is 4. The molecule has 9 aliphatic rings. The molecule has 0 unspecified atom stereocenters. The van der Waals surface area contributed by atoms with Gasteiger partial charge in [-0.25, -0.2) is 0 Å². The number of phenolic OH excluding ortho intramolecular Hbond substituents is 1. The second kappa shape index (κ2) is 23.7. The predicted octanol–water partition coefficient (Wildman–Crippen LogP) is 16.3. The van der Waals surface area contributed by atoms with E-state index in [4.69, 9.17) is 46.4 Å². The van der Waals surface area contributed by atoms with Crippen LogP contribution < -0.4 is 20.4 Å². The average Bonchev–Trinajstić information content (AvgIpc) is 4.14. The van der Waals surface area contributed by atoms with Crippen LogP contribution in [0, 0.1) is 5.92 Å². The number of aldehydes is 1. The lowest BCUT2D eigenvalue weighted by molar-refractivity contribution is -0.124. The Morgan fingerprint density at radius 3 is 1.47 bits per heavy atom. The number of fused-ring (bicyclic) bond motifs is 8. The molecule has 4 aromatic carbocycles. The molecule has 0 bridgehead atoms. The summed E-state index contributed by atoms with van der Waals surface area (Å²) in [6.45, 7) is 0. The van der Waals surface area contributed by atoms with E-state index in [2.05, 4.69) is 26.6 Å². The molecule has 4 spiro atoms. The molecule has 10 nitrogen and oxygen atoms in total. The maximum atomic E-state index is 12.6. The van der Waals surface area contributed by atoms with Crippen molar-refractivity contribution in [1.29, 1.82) is 0 Å². The van der Waals surface area contributed by atoms with Crippen molar-refractivity contribution in [1.82, 2.24) is 0 Å². The number of carbonyl (C=O) groups excluding carboxylic acids is 5. The van der Waals surface area contributed by atoms with Crippen LogP contribution in [0.3, 0.4) is 0 Å². The van der Waals surface area contributed by atoms with E-state index in [9.17, 15) is 29.1 Å². The van der Waals surface area contributed by atoms with E-state index in [0.717, 1.165) is 181 Å². The van der Waals surface area contributed by atoms with Gasteiger partial charge in [-0.1, -0.05) is 155 Å². The van der Waals surface area contributed by atoms with Gasteiger partial charge in [0.1, 0.15) is 12.0 Å². The molecule has 3 N–H and O–H groups in total. The maximum Gasteiger partial charge on any atom is 0.237 e. The quantitative estimate of drug-likeness (QED) is 0.162. The van der Waals surface area contributed by atoms with E-state index in [1.54, 1.807) is 29.0 Å². The molecule has 0 saturated heterocycles. The van der Waals surface area contributed by atoms with Gasteiger partial charge in [-0.2, -0.15) is 0 Å². The van der Waals surface area contributed by atoms with Crippen LogP contribution in [0.15, 0.2) is 65.1 Å². The summed E-state index contributed by atoms with van der Waals surface area (Å²) in [6.07, 6.45) is 28.3. The van der Waals surface area contributed by atoms with Gasteiger partial charge in [-0.15, -0.1) is 0 Å². The summed E-state index contributed by atoms with van der Waals surface area (Å²) in [5, 5.41) is 18.3. The van der Waals surface area contributed by atoms with Crippen molar-refractivity contribution < 1.29 is 29.1 Å². The van der Waals surface area contributed by atoms with Crippen LogP contribution >= 0.6 is 62.3 Å². The van der Waals surface area contributed by atoms with Gasteiger partial charge >= 0.3 is 0 Å². The standard InChI is InChI=1S/C14H16ClNO2.C14H16ClNO.C13H13BrClNO.C13H14ClNO.C7H12O/c1-16-11-8-9(17)7-10(15)12(11)14(13(16)18)5-3-2-4-6-14;1-16-11-7-5-6-10(15)12(11)14(13(16)17)8-3-2-4-9-14;14-8-4-5-9(15)10-11(8)16-12(17)13(10)6-2-1-3-7-13;14-9-5-4-6-10-11(9)13(12(16)15-10)7-2-1-3-8-13;8-6-7-4-2-1-3-5-7/h7-8,17H,2-6H2,1H3;5-7H,2-4,8-9H2,1H3;4-5H,1-3,6-7H2,(H,16,17);4-6H,1-3,7-8H2,(H,15,16);6-7H,1-5H2. The molecule has 0 aromatic heterocycles. The summed E-state index contributed by atoms with van der Waals surface area (Å²) in [7, 11) is 3.63. The van der Waals surface area contributed by atoms with Crippen LogP contribution in [0.5, 0.6) is 5.75 Å². The third kappa shape index (κ3) is 10.4. The summed E-state index contributed by atoms with van der Waals surface area (Å²) in [4.78, 5) is 63.2. The van der Waals surface area contributed by atoms with Crippen molar-refractivity contribution >= 4 is 115 Å². The number of nitrogens with one attached hydrogen (secondary N) is 2. The van der Waals surface area contributed by atoms with Gasteiger partial charge in [-0.3, -0.25) is 19.2 Å². The highest BCUT2D eigenvalue weighted by Crippen LogP contribution is 2.56. The average molecular weight is 1180 g/mol. The zero-order valence-electron chi connectivity index (χ0n) is 43.9. The van der Waals surface area contributed by atoms with Gasteiger partial charge in [0.25, 0.3) is 0 Å². The van der Waals surface area contributed by atoms with Crippen molar-refractivity contribution in [3.63, 3.8) is 0 Å². The minimum absolute atomic E-state index is 0.117. The van der Waals surface area contributed by atoms with Crippen LogP contribution in [0.2, 0.25) is 20.1 Å². The van der Waals surface area contributed by atoms with Crippen molar-refractivity contribution in [3.8, 4) is 5.75 Å². The first-order valence-corrected chi connectivity index (χ1v) is 30.1. The lowest BCUT2D eigenvalue weighted by Crippen LogP contribution is -2.40. The summed E-state index contributed by atoms with van der Waals surface area (Å²) >= 11 is 28.7. The topological polar surface area (TPSA) is 136 Å². The highest BCUT2D eigenvalue weighted by atomic mass is 79.9. The molecule has 4 heterocycles. The third-order valence-electron chi connectivity index (χ3n) is 18.3. The fraction of sp³-hybridized carbons (Fsp3) is 0.525. The number of carbonyl (C=O) groups is 5. The molecule has 5 aliphatic carbocycles. The Bertz CT molecular complexity index is 2860. The highest BCUT2D eigenvalue weighted by Gasteiger charge is 2.53. The van der Waals surface area contributed by atoms with E-state index >= 15 is 0 Å². The molecule has 406 valence electrons. The monoisotopic (exact) mass is 1170 g/mol. The Balaban J connectivity index is 0.000000118. The molecular weight excluding hydrogens is 1110 g/mol. The lowest BCUT2D eigenvalue weighted by atomic mass is 9.70. The number of anilines is 4. The van der Waals surface area contributed by atoms with E-state index in [0.29, 0.717) is 16.0 Å². The first-order chi connectivity index (χ1) is 36.5. The predicted molar refractivity (Wildman–Crippen MR) is 311 cm³/mol. The van der Waals surface area contributed by atoms with Gasteiger partial charge in [0.05, 0.1) is 38.1 Å². The Kier molecular flexibility index (Phi) is 17.6. The summed E-state index contributed by atoms with van der Waals surface area (Å²) < 4.78 is 0.924. The summed E-state index contributed by atoms with van der Waals surface area (Å²) in [5.74, 6) is 1.16. The molecule has 13 rings (SSSR count). The number of phenols is 1. The fourth-order valence-electron chi connectivity index (χ4n) is 14.4. The number of halogens is 5. The van der Waals surface area contributed by atoms with E-state index in [-0.39, 0.29) is 45.6 Å². The van der Waals surface area contributed by atoms with Crippen LogP contribution in [0.25, 0.3) is 0 Å². The maximum absolute atomic E-state index is 12.6. The molecule has 0 atom stereocenters. The Hall–Kier alpha value is -4.13. The number of rotatable bonds is 1. The van der Waals surface area contributed by atoms with E-state index in [1.165, 1.54) is 44.9 Å². The van der Waals surface area contributed by atoms with Crippen molar-refractivity contribution in [2.75, 3.05) is 34.5 Å². The van der Waals surface area contributed by atoms with Crippen molar-refractivity contribution in [3.05, 3.63) is 107 Å². The first kappa shape index (κ1) is 56.6. The molecular formula is C61H71BrCl4N4O6. The van der Waals surface area contributed by atoms with E-state index < -0.39 is 5.41 Å². The van der Waals surface area contributed by atoms with Crippen LogP contribution in [-0.4, -0.2) is 49.1 Å². The Morgan fingerprint density at radius 1 is 0.513 bits per heavy atom. The molecule has 15 heteroatoms. The normalized spacial score (nSPS) is 21.8. The zero-order valence-corrected chi connectivity index (χ0v) is 48.5. The van der Waals surface area contributed by atoms with Gasteiger partial charge in [0, 0.05) is 79.2 Å². The molecule has 0 radical (unpaired) electrons. The van der Waals surface area contributed by atoms with Gasteiger partial charge in [-0.05, 0) is 123 Å². The number of hydrogen-bond donors (Lipinski definition) is 3. The van der Waals surface area contributed by atoms with Gasteiger partial charge in [0.2, 0.25) is 23.6 Å². The molecule has 76 heavy (non-hydrogen) atoms. The number of aromatic hydroxyl groups is 1. The molecule has 4 aliphatic heterocycles. The third-order valence-corrected chi connectivity index (χ3v) is 20.2. The Morgan fingerprint density at radius 2 is 0.947 bits per heavy atom. The molecule has 4 aromatic rings. The SMILES string of the molecule is CN1C(=O)C2(CCCCC2)c2c(Cl)cc(O)cc21.CN1C(=O)C2(CCCCC2)c2c(Cl)cccc21.O=C1Nc2c(Br)ccc(Cl)c2C12CCCCC2.O=C1Nc2cccc(Cl)c2C12CCCCC2.O=CC1CCCCC1.